The van der Waals surface area contributed by atoms with Gasteiger partial charge >= 0.3 is 0 Å². The number of benzene rings is 2. The van der Waals surface area contributed by atoms with Crippen molar-refractivity contribution < 1.29 is 9.21 Å². The predicted molar refractivity (Wildman–Crippen MR) is 131 cm³/mol. The Morgan fingerprint density at radius 3 is 2.56 bits per heavy atom. The first-order chi connectivity index (χ1) is 16.5. The maximum absolute atomic E-state index is 12.5. The first kappa shape index (κ1) is 21.9. The second-order valence-corrected chi connectivity index (χ2v) is 8.36. The Balaban J connectivity index is 1.22. The van der Waals surface area contributed by atoms with Crippen LogP contribution in [0.3, 0.4) is 0 Å². The summed E-state index contributed by atoms with van der Waals surface area (Å²) in [5, 5.41) is 7.35. The fourth-order valence-corrected chi connectivity index (χ4v) is 3.83. The molecule has 0 unspecified atom stereocenters. The molecule has 5 aromatic rings. The number of para-hydroxylation sites is 1. The molecule has 8 heteroatoms. The van der Waals surface area contributed by atoms with Crippen molar-refractivity contribution in [2.75, 3.05) is 0 Å². The molecule has 170 valence electrons. The topological polar surface area (TPSA) is 88.6 Å². The Hall–Kier alpha value is -3.94. The number of imidazole rings is 1. The molecule has 0 fully saturated rings. The minimum Gasteiger partial charge on any atom is -0.451 e. The number of aromatic nitrogens is 2. The minimum atomic E-state index is -0.466. The van der Waals surface area contributed by atoms with Gasteiger partial charge < -0.3 is 19.5 Å². The van der Waals surface area contributed by atoms with Gasteiger partial charge in [-0.25, -0.2) is 4.98 Å². The van der Waals surface area contributed by atoms with Gasteiger partial charge in [0.05, 0.1) is 17.6 Å². The largest absolute Gasteiger partial charge is 0.451 e. The number of pyridine rings is 1. The summed E-state index contributed by atoms with van der Waals surface area (Å²) in [5.41, 5.74) is 3.87. The minimum absolute atomic E-state index is 0.0264. The van der Waals surface area contributed by atoms with Gasteiger partial charge in [0.15, 0.2) is 11.2 Å². The van der Waals surface area contributed by atoms with Gasteiger partial charge in [-0.3, -0.25) is 9.59 Å². The Bertz CT molecular complexity index is 1540. The molecule has 0 aliphatic heterocycles. The molecule has 0 aliphatic carbocycles. The zero-order chi connectivity index (χ0) is 23.5. The van der Waals surface area contributed by atoms with Crippen LogP contribution in [0.25, 0.3) is 16.6 Å². The zero-order valence-corrected chi connectivity index (χ0v) is 18.9. The van der Waals surface area contributed by atoms with Gasteiger partial charge in [0.25, 0.3) is 5.91 Å². The first-order valence-corrected chi connectivity index (χ1v) is 11.2. The van der Waals surface area contributed by atoms with E-state index in [0.29, 0.717) is 23.2 Å². The van der Waals surface area contributed by atoms with E-state index in [9.17, 15) is 9.59 Å². The maximum atomic E-state index is 12.5. The van der Waals surface area contributed by atoms with Gasteiger partial charge in [-0.2, -0.15) is 0 Å². The number of hydrogen-bond donors (Lipinski definition) is 2. The molecule has 0 spiro atoms. The lowest BCUT2D eigenvalue weighted by Gasteiger charge is -2.06. The molecule has 5 rings (SSSR count). The molecule has 0 atom stereocenters. The van der Waals surface area contributed by atoms with Crippen LogP contribution in [-0.2, 0) is 19.6 Å². The Morgan fingerprint density at radius 1 is 0.941 bits per heavy atom. The number of halogens is 1. The Morgan fingerprint density at radius 2 is 1.71 bits per heavy atom. The highest BCUT2D eigenvalue weighted by molar-refractivity contribution is 6.30. The molecule has 1 amide bonds. The number of carbonyl (C=O) groups excluding carboxylic acids is 1. The summed E-state index contributed by atoms with van der Waals surface area (Å²) in [5.74, 6) is -0.492. The summed E-state index contributed by atoms with van der Waals surface area (Å²) >= 11 is 5.93. The summed E-state index contributed by atoms with van der Waals surface area (Å²) in [7, 11) is 0. The lowest BCUT2D eigenvalue weighted by molar-refractivity contribution is 0.0923. The number of nitrogens with one attached hydrogen (secondary N) is 2. The lowest BCUT2D eigenvalue weighted by atomic mass is 10.2. The van der Waals surface area contributed by atoms with Crippen LogP contribution in [0.1, 0.15) is 27.4 Å². The van der Waals surface area contributed by atoms with E-state index < -0.39 is 5.91 Å². The number of carbonyl (C=O) groups is 1. The zero-order valence-electron chi connectivity index (χ0n) is 18.1. The SMILES string of the molecule is O=C(NCc1cn2cc(CNCc3ccc(Cl)cc3)ccc2n1)c1cc(=O)c2ccccc2o1. The average Bonchev–Trinajstić information content (AvgIpc) is 3.26. The second kappa shape index (κ2) is 9.51. The highest BCUT2D eigenvalue weighted by atomic mass is 35.5. The van der Waals surface area contributed by atoms with Crippen LogP contribution in [0.2, 0.25) is 5.02 Å². The van der Waals surface area contributed by atoms with Crippen molar-refractivity contribution in [3.8, 4) is 0 Å². The van der Waals surface area contributed by atoms with Crippen molar-refractivity contribution in [2.45, 2.75) is 19.6 Å². The van der Waals surface area contributed by atoms with E-state index >= 15 is 0 Å². The summed E-state index contributed by atoms with van der Waals surface area (Å²) in [4.78, 5) is 29.3. The fourth-order valence-electron chi connectivity index (χ4n) is 3.71. The molecule has 0 radical (unpaired) electrons. The number of hydrogen-bond acceptors (Lipinski definition) is 5. The van der Waals surface area contributed by atoms with Crippen LogP contribution in [0.15, 0.2) is 88.3 Å². The van der Waals surface area contributed by atoms with Gasteiger partial charge in [-0.1, -0.05) is 41.9 Å². The predicted octanol–water partition coefficient (Wildman–Crippen LogP) is 4.31. The van der Waals surface area contributed by atoms with E-state index in [4.69, 9.17) is 16.0 Å². The first-order valence-electron chi connectivity index (χ1n) is 10.8. The molecule has 7 nitrogen and oxygen atoms in total. The van der Waals surface area contributed by atoms with Crippen molar-refractivity contribution in [2.24, 2.45) is 0 Å². The molecule has 0 saturated heterocycles. The normalized spacial score (nSPS) is 11.2. The van der Waals surface area contributed by atoms with Crippen LogP contribution in [0, 0.1) is 0 Å². The van der Waals surface area contributed by atoms with E-state index in [1.165, 1.54) is 6.07 Å². The van der Waals surface area contributed by atoms with E-state index in [2.05, 4.69) is 15.6 Å². The standard InChI is InChI=1S/C26H21ClN4O3/c27-19-8-5-17(6-9-19)12-28-13-18-7-10-25-30-20(16-31(25)15-18)14-29-26(33)24-11-22(32)21-3-1-2-4-23(21)34-24/h1-11,15-16,28H,12-14H2,(H,29,33). The van der Waals surface area contributed by atoms with Crippen molar-refractivity contribution in [1.82, 2.24) is 20.0 Å². The summed E-state index contributed by atoms with van der Waals surface area (Å²) in [6.07, 6.45) is 3.87. The van der Waals surface area contributed by atoms with Gasteiger partial charge in [0.2, 0.25) is 0 Å². The molecule has 34 heavy (non-hydrogen) atoms. The lowest BCUT2D eigenvalue weighted by Crippen LogP contribution is -2.24. The highest BCUT2D eigenvalue weighted by Crippen LogP contribution is 2.13. The van der Waals surface area contributed by atoms with Crippen molar-refractivity contribution in [1.29, 1.82) is 0 Å². The average molecular weight is 473 g/mol. The van der Waals surface area contributed by atoms with Crippen molar-refractivity contribution in [3.05, 3.63) is 117 Å². The van der Waals surface area contributed by atoms with Gasteiger partial charge in [-0.05, 0) is 41.5 Å². The Kier molecular flexibility index (Phi) is 6.12. The van der Waals surface area contributed by atoms with E-state index in [1.54, 1.807) is 24.3 Å². The molecule has 0 saturated carbocycles. The molecule has 3 aromatic heterocycles. The van der Waals surface area contributed by atoms with Crippen LogP contribution in [-0.4, -0.2) is 15.3 Å². The van der Waals surface area contributed by atoms with E-state index in [-0.39, 0.29) is 17.7 Å². The number of rotatable bonds is 7. The third kappa shape index (κ3) is 4.85. The summed E-state index contributed by atoms with van der Waals surface area (Å²) in [6.45, 7) is 1.65. The molecular formula is C26H21ClN4O3. The summed E-state index contributed by atoms with van der Waals surface area (Å²) in [6, 6.07) is 19.8. The van der Waals surface area contributed by atoms with Crippen molar-refractivity contribution >= 4 is 34.1 Å². The number of fused-ring (bicyclic) bond motifs is 2. The monoisotopic (exact) mass is 472 g/mol. The maximum Gasteiger partial charge on any atom is 0.287 e. The van der Waals surface area contributed by atoms with E-state index in [1.807, 2.05) is 53.2 Å². The van der Waals surface area contributed by atoms with Gasteiger partial charge in [0.1, 0.15) is 11.2 Å². The molecule has 2 aromatic carbocycles. The number of amides is 1. The third-order valence-electron chi connectivity index (χ3n) is 5.42. The molecular weight excluding hydrogens is 452 g/mol. The Labute approximate surface area is 200 Å². The highest BCUT2D eigenvalue weighted by Gasteiger charge is 2.13. The van der Waals surface area contributed by atoms with E-state index in [0.717, 1.165) is 28.3 Å². The smallest absolute Gasteiger partial charge is 0.287 e. The molecule has 0 aliphatic rings. The molecule has 3 heterocycles. The third-order valence-corrected chi connectivity index (χ3v) is 5.67. The van der Waals surface area contributed by atoms with Gasteiger partial charge in [0, 0.05) is 36.6 Å². The fraction of sp³-hybridized carbons (Fsp3) is 0.115. The van der Waals surface area contributed by atoms with Crippen LogP contribution < -0.4 is 16.1 Å². The second-order valence-electron chi connectivity index (χ2n) is 7.92. The quantitative estimate of drug-likeness (QED) is 0.368. The van der Waals surface area contributed by atoms with Crippen LogP contribution >= 0.6 is 11.6 Å². The van der Waals surface area contributed by atoms with Crippen LogP contribution in [0.5, 0.6) is 0 Å². The van der Waals surface area contributed by atoms with Crippen molar-refractivity contribution in [3.63, 3.8) is 0 Å². The van der Waals surface area contributed by atoms with Gasteiger partial charge in [-0.15, -0.1) is 0 Å². The summed E-state index contributed by atoms with van der Waals surface area (Å²) < 4.78 is 7.52. The van der Waals surface area contributed by atoms with Crippen LogP contribution in [0.4, 0.5) is 0 Å². The number of nitrogens with zero attached hydrogens (tertiary/aromatic N) is 2. The molecule has 0 bridgehead atoms. The molecule has 2 N–H and O–H groups in total.